The zero-order valence-electron chi connectivity index (χ0n) is 11.8. The lowest BCUT2D eigenvalue weighted by atomic mass is 9.94. The van der Waals surface area contributed by atoms with Crippen molar-refractivity contribution in [2.45, 2.75) is 53.5 Å². The van der Waals surface area contributed by atoms with Gasteiger partial charge in [0.2, 0.25) is 0 Å². The molecule has 1 heterocycles. The van der Waals surface area contributed by atoms with Crippen LogP contribution in [0.25, 0.3) is 0 Å². The molecule has 0 radical (unpaired) electrons. The third-order valence-corrected chi connectivity index (χ3v) is 5.03. The fourth-order valence-corrected chi connectivity index (χ4v) is 3.57. The normalized spacial score (nSPS) is 13.3. The molecule has 1 atom stereocenters. The maximum atomic E-state index is 4.67. The van der Waals surface area contributed by atoms with Crippen LogP contribution in [0.1, 0.15) is 45.5 Å². The summed E-state index contributed by atoms with van der Waals surface area (Å²) in [6.07, 6.45) is 3.35. The zero-order chi connectivity index (χ0) is 13.7. The molecule has 0 aromatic carbocycles. The first-order chi connectivity index (χ1) is 8.53. The lowest BCUT2D eigenvalue weighted by Crippen LogP contribution is -2.13. The van der Waals surface area contributed by atoms with E-state index < -0.39 is 0 Å². The molecule has 4 heteroatoms. The van der Waals surface area contributed by atoms with Crippen molar-refractivity contribution >= 4 is 31.9 Å². The van der Waals surface area contributed by atoms with Gasteiger partial charge in [-0.3, -0.25) is 4.68 Å². The topological polar surface area (TPSA) is 17.8 Å². The molecular weight excluding hydrogens is 356 g/mol. The lowest BCUT2D eigenvalue weighted by Gasteiger charge is -2.17. The highest BCUT2D eigenvalue weighted by Crippen LogP contribution is 2.27. The maximum Gasteiger partial charge on any atom is 0.0766 e. The van der Waals surface area contributed by atoms with E-state index in [1.54, 1.807) is 0 Å². The molecule has 0 bridgehead atoms. The number of hydrogen-bond donors (Lipinski definition) is 0. The summed E-state index contributed by atoms with van der Waals surface area (Å²) >= 11 is 7.38. The van der Waals surface area contributed by atoms with E-state index in [1.807, 2.05) is 0 Å². The Morgan fingerprint density at radius 2 is 1.94 bits per heavy atom. The van der Waals surface area contributed by atoms with Crippen molar-refractivity contribution in [1.29, 1.82) is 0 Å². The molecule has 0 saturated heterocycles. The van der Waals surface area contributed by atoms with Crippen LogP contribution in [0.5, 0.6) is 0 Å². The van der Waals surface area contributed by atoms with Gasteiger partial charge in [0.25, 0.3) is 0 Å². The fraction of sp³-hybridized carbons (Fsp3) is 0.786. The van der Waals surface area contributed by atoms with Gasteiger partial charge in [-0.1, -0.05) is 36.7 Å². The van der Waals surface area contributed by atoms with Crippen LogP contribution < -0.4 is 0 Å². The molecule has 0 amide bonds. The van der Waals surface area contributed by atoms with Crippen LogP contribution in [0, 0.1) is 11.8 Å². The van der Waals surface area contributed by atoms with E-state index in [9.17, 15) is 0 Å². The number of halogens is 2. The van der Waals surface area contributed by atoms with Gasteiger partial charge in [0.1, 0.15) is 0 Å². The Bertz CT molecular complexity index is 372. The average Bonchev–Trinajstić information content (AvgIpc) is 2.64. The van der Waals surface area contributed by atoms with Gasteiger partial charge in [0.15, 0.2) is 0 Å². The summed E-state index contributed by atoms with van der Waals surface area (Å²) in [4.78, 5) is 0. The smallest absolute Gasteiger partial charge is 0.0766 e. The SMILES string of the molecule is CCc1nn(CC)c(CC(CBr)CC(C)C)c1Br. The summed E-state index contributed by atoms with van der Waals surface area (Å²) in [6.45, 7) is 9.85. The van der Waals surface area contributed by atoms with Crippen molar-refractivity contribution in [3.8, 4) is 0 Å². The highest BCUT2D eigenvalue weighted by Gasteiger charge is 2.18. The second-order valence-corrected chi connectivity index (χ2v) is 6.67. The number of aryl methyl sites for hydroxylation is 2. The summed E-state index contributed by atoms with van der Waals surface area (Å²) in [5.41, 5.74) is 2.55. The summed E-state index contributed by atoms with van der Waals surface area (Å²) < 4.78 is 3.38. The largest absolute Gasteiger partial charge is 0.268 e. The number of rotatable bonds is 7. The Morgan fingerprint density at radius 3 is 2.39 bits per heavy atom. The monoisotopic (exact) mass is 378 g/mol. The van der Waals surface area contributed by atoms with Crippen LogP contribution in [-0.2, 0) is 19.4 Å². The number of hydrogen-bond acceptors (Lipinski definition) is 1. The van der Waals surface area contributed by atoms with Gasteiger partial charge >= 0.3 is 0 Å². The van der Waals surface area contributed by atoms with Gasteiger partial charge in [-0.05, 0) is 54.0 Å². The van der Waals surface area contributed by atoms with Gasteiger partial charge in [0, 0.05) is 11.9 Å². The molecule has 0 aliphatic carbocycles. The minimum absolute atomic E-state index is 0.688. The second-order valence-electron chi connectivity index (χ2n) is 5.23. The van der Waals surface area contributed by atoms with E-state index >= 15 is 0 Å². The van der Waals surface area contributed by atoms with Crippen LogP contribution in [0.3, 0.4) is 0 Å². The summed E-state index contributed by atoms with van der Waals surface area (Å²) in [5, 5.41) is 5.73. The molecule has 1 aromatic heterocycles. The maximum absolute atomic E-state index is 4.67. The van der Waals surface area contributed by atoms with Gasteiger partial charge in [0.05, 0.1) is 15.9 Å². The Labute approximate surface area is 128 Å². The molecule has 0 spiro atoms. The van der Waals surface area contributed by atoms with E-state index in [0.717, 1.165) is 30.6 Å². The first-order valence-electron chi connectivity index (χ1n) is 6.83. The van der Waals surface area contributed by atoms with E-state index in [0.29, 0.717) is 5.92 Å². The predicted octanol–water partition coefficient (Wildman–Crippen LogP) is 4.83. The highest BCUT2D eigenvalue weighted by molar-refractivity contribution is 9.10. The zero-order valence-corrected chi connectivity index (χ0v) is 15.0. The minimum atomic E-state index is 0.688. The molecule has 1 unspecified atom stereocenters. The van der Waals surface area contributed by atoms with Crippen LogP contribution in [0.2, 0.25) is 0 Å². The van der Waals surface area contributed by atoms with Gasteiger partial charge in [-0.15, -0.1) is 0 Å². The van der Waals surface area contributed by atoms with Crippen molar-refractivity contribution in [2.75, 3.05) is 5.33 Å². The highest BCUT2D eigenvalue weighted by atomic mass is 79.9. The number of alkyl halides is 1. The summed E-state index contributed by atoms with van der Waals surface area (Å²) in [7, 11) is 0. The molecule has 1 rings (SSSR count). The molecule has 0 saturated carbocycles. The molecule has 0 fully saturated rings. The molecule has 18 heavy (non-hydrogen) atoms. The van der Waals surface area contributed by atoms with E-state index in [-0.39, 0.29) is 0 Å². The van der Waals surface area contributed by atoms with Crippen LogP contribution in [0.15, 0.2) is 4.47 Å². The first-order valence-corrected chi connectivity index (χ1v) is 8.74. The third kappa shape index (κ3) is 4.09. The number of nitrogens with zero attached hydrogens (tertiary/aromatic N) is 2. The van der Waals surface area contributed by atoms with E-state index in [1.165, 1.54) is 22.3 Å². The number of aromatic nitrogens is 2. The van der Waals surface area contributed by atoms with Crippen LogP contribution in [0.4, 0.5) is 0 Å². The Hall–Kier alpha value is 0.170. The van der Waals surface area contributed by atoms with E-state index in [2.05, 4.69) is 69.3 Å². The van der Waals surface area contributed by atoms with E-state index in [4.69, 9.17) is 0 Å². The standard InChI is InChI=1S/C14H24Br2N2/c1-5-12-14(16)13(18(6-2)17-12)8-11(9-15)7-10(3)4/h10-11H,5-9H2,1-4H3. The van der Waals surface area contributed by atoms with Crippen molar-refractivity contribution in [3.05, 3.63) is 15.9 Å². The first kappa shape index (κ1) is 16.2. The molecule has 0 aliphatic heterocycles. The summed E-state index contributed by atoms with van der Waals surface area (Å²) in [5.74, 6) is 1.43. The Morgan fingerprint density at radius 1 is 1.28 bits per heavy atom. The molecule has 0 N–H and O–H groups in total. The molecule has 104 valence electrons. The van der Waals surface area contributed by atoms with Gasteiger partial charge in [-0.25, -0.2) is 0 Å². The summed E-state index contributed by atoms with van der Waals surface area (Å²) in [6, 6.07) is 0. The van der Waals surface area contributed by atoms with Gasteiger partial charge < -0.3 is 0 Å². The second kappa shape index (κ2) is 7.68. The molecule has 1 aromatic rings. The molecular formula is C14H24Br2N2. The molecule has 0 aliphatic rings. The fourth-order valence-electron chi connectivity index (χ4n) is 2.35. The minimum Gasteiger partial charge on any atom is -0.268 e. The quantitative estimate of drug-likeness (QED) is 0.620. The average molecular weight is 380 g/mol. The van der Waals surface area contributed by atoms with Crippen molar-refractivity contribution in [2.24, 2.45) is 11.8 Å². The van der Waals surface area contributed by atoms with Crippen LogP contribution in [-0.4, -0.2) is 15.1 Å². The Kier molecular flexibility index (Phi) is 6.93. The predicted molar refractivity (Wildman–Crippen MR) is 85.4 cm³/mol. The van der Waals surface area contributed by atoms with Crippen molar-refractivity contribution in [1.82, 2.24) is 9.78 Å². The van der Waals surface area contributed by atoms with Crippen molar-refractivity contribution in [3.63, 3.8) is 0 Å². The molecule has 2 nitrogen and oxygen atoms in total. The Balaban J connectivity index is 2.90. The van der Waals surface area contributed by atoms with Crippen molar-refractivity contribution < 1.29 is 0 Å². The van der Waals surface area contributed by atoms with Gasteiger partial charge in [-0.2, -0.15) is 5.10 Å². The lowest BCUT2D eigenvalue weighted by molar-refractivity contribution is 0.431. The third-order valence-electron chi connectivity index (χ3n) is 3.20. The van der Waals surface area contributed by atoms with Crippen LogP contribution >= 0.6 is 31.9 Å².